The van der Waals surface area contributed by atoms with Crippen molar-refractivity contribution in [1.29, 1.82) is 0 Å². The zero-order valence-corrected chi connectivity index (χ0v) is 13.5. The molecular weight excluding hydrogens is 288 g/mol. The zero-order chi connectivity index (χ0) is 16.7. The average molecular weight is 310 g/mol. The summed E-state index contributed by atoms with van der Waals surface area (Å²) in [4.78, 5) is 11.9. The van der Waals surface area contributed by atoms with Gasteiger partial charge in [0.05, 0.1) is 12.3 Å². The summed E-state index contributed by atoms with van der Waals surface area (Å²) in [6.07, 6.45) is 4.19. The predicted molar refractivity (Wildman–Crippen MR) is 95.5 cm³/mol. The second-order valence-corrected chi connectivity index (χ2v) is 5.10. The predicted octanol–water partition coefficient (Wildman–Crippen LogP) is 3.88. The van der Waals surface area contributed by atoms with Crippen LogP contribution in [0.4, 0.5) is 11.4 Å². The van der Waals surface area contributed by atoms with Gasteiger partial charge in [0, 0.05) is 11.8 Å². The Morgan fingerprint density at radius 1 is 1.17 bits per heavy atom. The maximum atomic E-state index is 11.9. The molecule has 4 nitrogen and oxygen atoms in total. The summed E-state index contributed by atoms with van der Waals surface area (Å²) in [5.74, 6) is 0.479. The summed E-state index contributed by atoms with van der Waals surface area (Å²) in [6, 6.07) is 13.3. The number of nitrogen functional groups attached to an aromatic ring is 1. The maximum absolute atomic E-state index is 11.9. The highest BCUT2D eigenvalue weighted by Gasteiger charge is 2.01. The molecule has 0 aromatic heterocycles. The molecule has 0 spiro atoms. The molecule has 2 rings (SSSR count). The molecule has 120 valence electrons. The van der Waals surface area contributed by atoms with Crippen LogP contribution in [0.3, 0.4) is 0 Å². The van der Waals surface area contributed by atoms with E-state index < -0.39 is 0 Å². The number of ether oxygens (including phenoxy) is 1. The number of nitrogens with one attached hydrogen (secondary N) is 1. The summed E-state index contributed by atoms with van der Waals surface area (Å²) < 4.78 is 5.39. The van der Waals surface area contributed by atoms with Crippen LogP contribution in [-0.4, -0.2) is 12.5 Å². The van der Waals surface area contributed by atoms with Gasteiger partial charge < -0.3 is 15.8 Å². The van der Waals surface area contributed by atoms with Gasteiger partial charge in [0.2, 0.25) is 5.91 Å². The molecule has 0 saturated heterocycles. The number of hydrogen-bond acceptors (Lipinski definition) is 3. The fourth-order valence-corrected chi connectivity index (χ4v) is 2.14. The largest absolute Gasteiger partial charge is 0.492 e. The number of nitrogens with two attached hydrogens (primary N) is 1. The Kier molecular flexibility index (Phi) is 5.80. The van der Waals surface area contributed by atoms with E-state index in [9.17, 15) is 4.79 Å². The molecule has 3 N–H and O–H groups in total. The molecule has 0 atom stereocenters. The van der Waals surface area contributed by atoms with Crippen LogP contribution in [0.15, 0.2) is 48.5 Å². The van der Waals surface area contributed by atoms with E-state index in [1.165, 1.54) is 11.6 Å². The molecule has 0 bridgehead atoms. The van der Waals surface area contributed by atoms with Crippen molar-refractivity contribution < 1.29 is 9.53 Å². The number of hydrogen-bond donors (Lipinski definition) is 2. The summed E-state index contributed by atoms with van der Waals surface area (Å²) in [5, 5.41) is 2.83. The minimum absolute atomic E-state index is 0.179. The van der Waals surface area contributed by atoms with E-state index in [2.05, 4.69) is 12.2 Å². The summed E-state index contributed by atoms with van der Waals surface area (Å²) in [6.45, 7) is 4.57. The number of anilines is 2. The minimum Gasteiger partial charge on any atom is -0.492 e. The van der Waals surface area contributed by atoms with E-state index in [1.54, 1.807) is 18.2 Å². The molecule has 23 heavy (non-hydrogen) atoms. The van der Waals surface area contributed by atoms with Crippen LogP contribution in [0.2, 0.25) is 0 Å². The molecule has 0 aliphatic heterocycles. The first-order chi connectivity index (χ1) is 11.1. The van der Waals surface area contributed by atoms with E-state index >= 15 is 0 Å². The highest BCUT2D eigenvalue weighted by molar-refractivity contribution is 6.02. The molecule has 2 aromatic rings. The number of rotatable bonds is 6. The second kappa shape index (κ2) is 8.03. The third-order valence-electron chi connectivity index (χ3n) is 3.39. The second-order valence-electron chi connectivity index (χ2n) is 5.10. The number of amides is 1. The van der Waals surface area contributed by atoms with Crippen LogP contribution in [0.25, 0.3) is 6.08 Å². The van der Waals surface area contributed by atoms with E-state index in [1.807, 2.05) is 37.3 Å². The van der Waals surface area contributed by atoms with Crippen LogP contribution in [-0.2, 0) is 11.2 Å². The van der Waals surface area contributed by atoms with Gasteiger partial charge in [0.25, 0.3) is 0 Å². The lowest BCUT2D eigenvalue weighted by molar-refractivity contribution is -0.111. The van der Waals surface area contributed by atoms with Crippen molar-refractivity contribution in [2.24, 2.45) is 0 Å². The molecule has 0 fully saturated rings. The third kappa shape index (κ3) is 4.88. The minimum atomic E-state index is -0.179. The molecule has 0 unspecified atom stereocenters. The zero-order valence-electron chi connectivity index (χ0n) is 13.5. The summed E-state index contributed by atoms with van der Waals surface area (Å²) in [5.41, 5.74) is 9.33. The molecule has 0 aliphatic carbocycles. The molecule has 4 heteroatoms. The lowest BCUT2D eigenvalue weighted by atomic mass is 10.1. The number of benzene rings is 2. The Labute approximate surface area is 137 Å². The fourth-order valence-electron chi connectivity index (χ4n) is 2.14. The fraction of sp³-hybridized carbons (Fsp3) is 0.211. The van der Waals surface area contributed by atoms with Gasteiger partial charge in [-0.25, -0.2) is 0 Å². The summed E-state index contributed by atoms with van der Waals surface area (Å²) >= 11 is 0. The lowest BCUT2D eigenvalue weighted by Crippen LogP contribution is -2.07. The molecule has 0 aliphatic rings. The van der Waals surface area contributed by atoms with Gasteiger partial charge in [0.1, 0.15) is 5.75 Å². The highest BCUT2D eigenvalue weighted by Crippen LogP contribution is 2.23. The maximum Gasteiger partial charge on any atom is 0.248 e. The molecule has 1 amide bonds. The Bertz CT molecular complexity index is 691. The highest BCUT2D eigenvalue weighted by atomic mass is 16.5. The van der Waals surface area contributed by atoms with Crippen LogP contribution in [0.5, 0.6) is 5.75 Å². The summed E-state index contributed by atoms with van der Waals surface area (Å²) in [7, 11) is 0. The monoisotopic (exact) mass is 310 g/mol. The average Bonchev–Trinajstić information content (AvgIpc) is 2.56. The Hall–Kier alpha value is -2.75. The normalized spacial score (nSPS) is 10.7. The van der Waals surface area contributed by atoms with Gasteiger partial charge in [0.15, 0.2) is 0 Å². The van der Waals surface area contributed by atoms with Crippen molar-refractivity contribution in [3.63, 3.8) is 0 Å². The molecule has 0 radical (unpaired) electrons. The molecule has 0 heterocycles. The molecule has 0 saturated carbocycles. The SMILES string of the molecule is CCOc1ccc(/C=C\C(=O)Nc2ccc(CC)cc2)cc1N. The first-order valence-corrected chi connectivity index (χ1v) is 7.72. The third-order valence-corrected chi connectivity index (χ3v) is 3.39. The van der Waals surface area contributed by atoms with E-state index in [0.29, 0.717) is 18.0 Å². The topological polar surface area (TPSA) is 64.3 Å². The van der Waals surface area contributed by atoms with Crippen molar-refractivity contribution in [1.82, 2.24) is 0 Å². The van der Waals surface area contributed by atoms with Crippen molar-refractivity contribution in [2.45, 2.75) is 20.3 Å². The van der Waals surface area contributed by atoms with Crippen molar-refractivity contribution >= 4 is 23.4 Å². The molecular formula is C19H22N2O2. The Morgan fingerprint density at radius 2 is 1.91 bits per heavy atom. The van der Waals surface area contributed by atoms with Crippen molar-refractivity contribution in [3.05, 3.63) is 59.7 Å². The number of aryl methyl sites for hydroxylation is 1. The Morgan fingerprint density at radius 3 is 2.52 bits per heavy atom. The lowest BCUT2D eigenvalue weighted by Gasteiger charge is -2.07. The first kappa shape index (κ1) is 16.6. The Balaban J connectivity index is 1.98. The van der Waals surface area contributed by atoms with Gasteiger partial charge in [-0.3, -0.25) is 4.79 Å². The van der Waals surface area contributed by atoms with Crippen LogP contribution in [0, 0.1) is 0 Å². The van der Waals surface area contributed by atoms with Gasteiger partial charge in [-0.05, 0) is 54.8 Å². The van der Waals surface area contributed by atoms with Crippen molar-refractivity contribution in [2.75, 3.05) is 17.7 Å². The standard InChI is InChI=1S/C19H22N2O2/c1-3-14-5-9-16(10-6-14)21-19(22)12-8-15-7-11-18(23-4-2)17(20)13-15/h5-13H,3-4,20H2,1-2H3,(H,21,22)/b12-8-. The van der Waals surface area contributed by atoms with Crippen molar-refractivity contribution in [3.8, 4) is 5.75 Å². The van der Waals surface area contributed by atoms with Crippen LogP contribution >= 0.6 is 0 Å². The van der Waals surface area contributed by atoms with E-state index in [4.69, 9.17) is 10.5 Å². The van der Waals surface area contributed by atoms with Gasteiger partial charge in [-0.2, -0.15) is 0 Å². The van der Waals surface area contributed by atoms with E-state index in [-0.39, 0.29) is 5.91 Å². The van der Waals surface area contributed by atoms with Crippen LogP contribution in [0.1, 0.15) is 25.0 Å². The quantitative estimate of drug-likeness (QED) is 0.628. The first-order valence-electron chi connectivity index (χ1n) is 7.72. The molecule has 2 aromatic carbocycles. The van der Waals surface area contributed by atoms with Gasteiger partial charge in [-0.15, -0.1) is 0 Å². The number of carbonyl (C=O) groups excluding carboxylic acids is 1. The van der Waals surface area contributed by atoms with Gasteiger partial charge in [-0.1, -0.05) is 25.1 Å². The van der Waals surface area contributed by atoms with E-state index in [0.717, 1.165) is 17.7 Å². The smallest absolute Gasteiger partial charge is 0.248 e. The van der Waals surface area contributed by atoms with Crippen LogP contribution < -0.4 is 15.8 Å². The van der Waals surface area contributed by atoms with Gasteiger partial charge >= 0.3 is 0 Å². The number of carbonyl (C=O) groups is 1.